The molecule has 2 atom stereocenters. The second kappa shape index (κ2) is 6.62. The zero-order chi connectivity index (χ0) is 14.5. The highest BCUT2D eigenvalue weighted by Gasteiger charge is 2.13. The summed E-state index contributed by atoms with van der Waals surface area (Å²) in [6.07, 6.45) is 0.705. The van der Waals surface area contributed by atoms with E-state index >= 15 is 0 Å². The van der Waals surface area contributed by atoms with Gasteiger partial charge in [0, 0.05) is 17.6 Å². The Morgan fingerprint density at radius 3 is 2.45 bits per heavy atom. The summed E-state index contributed by atoms with van der Waals surface area (Å²) in [5.74, 6) is -0.428. The van der Waals surface area contributed by atoms with Gasteiger partial charge in [-0.1, -0.05) is 30.3 Å². The molecule has 0 saturated carbocycles. The Labute approximate surface area is 118 Å². The molecular formula is C17H19F2N. The molecular weight excluding hydrogens is 256 g/mol. The molecule has 3 heteroatoms. The normalized spacial score (nSPS) is 14.0. The molecule has 106 valence electrons. The van der Waals surface area contributed by atoms with E-state index < -0.39 is 0 Å². The summed E-state index contributed by atoms with van der Waals surface area (Å²) in [4.78, 5) is 0. The highest BCUT2D eigenvalue weighted by atomic mass is 19.1. The fraction of sp³-hybridized carbons (Fsp3) is 0.294. The van der Waals surface area contributed by atoms with Crippen molar-refractivity contribution < 1.29 is 8.78 Å². The van der Waals surface area contributed by atoms with Gasteiger partial charge in [0.25, 0.3) is 0 Å². The van der Waals surface area contributed by atoms with E-state index in [0.717, 1.165) is 5.56 Å². The van der Waals surface area contributed by atoms with Gasteiger partial charge >= 0.3 is 0 Å². The van der Waals surface area contributed by atoms with Gasteiger partial charge in [0.15, 0.2) is 0 Å². The largest absolute Gasteiger partial charge is 0.307 e. The minimum absolute atomic E-state index is 0.0836. The maximum atomic E-state index is 13.7. The summed E-state index contributed by atoms with van der Waals surface area (Å²) in [7, 11) is 0. The lowest BCUT2D eigenvalue weighted by molar-refractivity contribution is 0.460. The van der Waals surface area contributed by atoms with Gasteiger partial charge in [0.1, 0.15) is 11.6 Å². The standard InChI is InChI=1S/C17H19F2N/c1-12(10-14-6-5-7-15(18)11-14)20-13(2)16-8-3-4-9-17(16)19/h3-9,11-13,20H,10H2,1-2H3. The zero-order valence-corrected chi connectivity index (χ0v) is 11.7. The Balaban J connectivity index is 1.98. The monoisotopic (exact) mass is 275 g/mol. The summed E-state index contributed by atoms with van der Waals surface area (Å²) in [6.45, 7) is 3.95. The Hall–Kier alpha value is -1.74. The molecule has 2 aromatic rings. The molecule has 20 heavy (non-hydrogen) atoms. The van der Waals surface area contributed by atoms with Crippen molar-refractivity contribution in [2.45, 2.75) is 32.4 Å². The molecule has 1 N–H and O–H groups in total. The van der Waals surface area contributed by atoms with E-state index in [1.54, 1.807) is 18.2 Å². The molecule has 0 aliphatic carbocycles. The minimum Gasteiger partial charge on any atom is -0.307 e. The van der Waals surface area contributed by atoms with Gasteiger partial charge < -0.3 is 5.32 Å². The van der Waals surface area contributed by atoms with E-state index in [1.165, 1.54) is 18.2 Å². The van der Waals surface area contributed by atoms with Crippen LogP contribution in [0.25, 0.3) is 0 Å². The van der Waals surface area contributed by atoms with E-state index in [1.807, 2.05) is 26.0 Å². The average molecular weight is 275 g/mol. The van der Waals surface area contributed by atoms with E-state index in [-0.39, 0.29) is 23.7 Å². The molecule has 2 unspecified atom stereocenters. The van der Waals surface area contributed by atoms with E-state index in [2.05, 4.69) is 5.32 Å². The van der Waals surface area contributed by atoms with Crippen LogP contribution in [-0.4, -0.2) is 6.04 Å². The summed E-state index contributed by atoms with van der Waals surface area (Å²) < 4.78 is 26.8. The summed E-state index contributed by atoms with van der Waals surface area (Å²) >= 11 is 0. The molecule has 0 fully saturated rings. The van der Waals surface area contributed by atoms with Crippen molar-refractivity contribution >= 4 is 0 Å². The van der Waals surface area contributed by atoms with Crippen LogP contribution in [0, 0.1) is 11.6 Å². The predicted octanol–water partition coefficient (Wildman–Crippen LogP) is 4.25. The van der Waals surface area contributed by atoms with Gasteiger partial charge in [0.2, 0.25) is 0 Å². The second-order valence-corrected chi connectivity index (χ2v) is 5.14. The number of nitrogens with one attached hydrogen (secondary N) is 1. The zero-order valence-electron chi connectivity index (χ0n) is 11.7. The molecule has 0 aliphatic rings. The average Bonchev–Trinajstić information content (AvgIpc) is 2.38. The van der Waals surface area contributed by atoms with E-state index in [4.69, 9.17) is 0 Å². The third kappa shape index (κ3) is 3.87. The van der Waals surface area contributed by atoms with Crippen molar-refractivity contribution in [3.8, 4) is 0 Å². The molecule has 1 nitrogen and oxygen atoms in total. The first-order valence-electron chi connectivity index (χ1n) is 6.81. The Kier molecular flexibility index (Phi) is 4.85. The quantitative estimate of drug-likeness (QED) is 0.860. The van der Waals surface area contributed by atoms with E-state index in [0.29, 0.717) is 12.0 Å². The van der Waals surface area contributed by atoms with Crippen LogP contribution in [-0.2, 0) is 6.42 Å². The number of halogens is 2. The molecule has 0 amide bonds. The first-order valence-corrected chi connectivity index (χ1v) is 6.81. The van der Waals surface area contributed by atoms with Crippen molar-refractivity contribution in [2.24, 2.45) is 0 Å². The first-order chi connectivity index (χ1) is 9.56. The van der Waals surface area contributed by atoms with E-state index in [9.17, 15) is 8.78 Å². The molecule has 0 saturated heterocycles. The molecule has 2 aromatic carbocycles. The second-order valence-electron chi connectivity index (χ2n) is 5.14. The Morgan fingerprint density at radius 1 is 1.00 bits per heavy atom. The molecule has 0 aromatic heterocycles. The molecule has 0 bridgehead atoms. The van der Waals surface area contributed by atoms with Crippen LogP contribution in [0.4, 0.5) is 8.78 Å². The van der Waals surface area contributed by atoms with Crippen LogP contribution in [0.2, 0.25) is 0 Å². The fourth-order valence-corrected chi connectivity index (χ4v) is 2.42. The van der Waals surface area contributed by atoms with Crippen LogP contribution >= 0.6 is 0 Å². The maximum absolute atomic E-state index is 13.7. The fourth-order valence-electron chi connectivity index (χ4n) is 2.42. The first kappa shape index (κ1) is 14.7. The lowest BCUT2D eigenvalue weighted by atomic mass is 10.0. The van der Waals surface area contributed by atoms with Crippen molar-refractivity contribution in [3.05, 3.63) is 71.3 Å². The lowest BCUT2D eigenvalue weighted by Crippen LogP contribution is -2.31. The number of hydrogen-bond acceptors (Lipinski definition) is 1. The number of hydrogen-bond donors (Lipinski definition) is 1. The molecule has 0 spiro atoms. The van der Waals surface area contributed by atoms with Crippen molar-refractivity contribution in [1.82, 2.24) is 5.32 Å². The van der Waals surface area contributed by atoms with Crippen LogP contribution in [0.15, 0.2) is 48.5 Å². The van der Waals surface area contributed by atoms with Crippen LogP contribution in [0.5, 0.6) is 0 Å². The van der Waals surface area contributed by atoms with Crippen LogP contribution in [0.3, 0.4) is 0 Å². The Morgan fingerprint density at radius 2 is 1.75 bits per heavy atom. The summed E-state index contributed by atoms with van der Waals surface area (Å²) in [5, 5.41) is 3.34. The van der Waals surface area contributed by atoms with Gasteiger partial charge in [-0.25, -0.2) is 8.78 Å². The summed E-state index contributed by atoms with van der Waals surface area (Å²) in [5.41, 5.74) is 1.59. The van der Waals surface area contributed by atoms with Gasteiger partial charge in [-0.15, -0.1) is 0 Å². The lowest BCUT2D eigenvalue weighted by Gasteiger charge is -2.21. The molecule has 0 heterocycles. The molecule has 0 radical (unpaired) electrons. The highest BCUT2D eigenvalue weighted by molar-refractivity contribution is 5.21. The topological polar surface area (TPSA) is 12.0 Å². The summed E-state index contributed by atoms with van der Waals surface area (Å²) in [6, 6.07) is 13.4. The van der Waals surface area contributed by atoms with Gasteiger partial charge in [-0.05, 0) is 44.0 Å². The third-order valence-electron chi connectivity index (χ3n) is 3.34. The van der Waals surface area contributed by atoms with Crippen molar-refractivity contribution in [3.63, 3.8) is 0 Å². The van der Waals surface area contributed by atoms with Gasteiger partial charge in [-0.3, -0.25) is 0 Å². The minimum atomic E-state index is -0.225. The maximum Gasteiger partial charge on any atom is 0.127 e. The number of rotatable bonds is 5. The van der Waals surface area contributed by atoms with Crippen molar-refractivity contribution in [1.29, 1.82) is 0 Å². The van der Waals surface area contributed by atoms with Crippen LogP contribution in [0.1, 0.15) is 31.0 Å². The molecule has 2 rings (SSSR count). The van der Waals surface area contributed by atoms with Crippen molar-refractivity contribution in [2.75, 3.05) is 0 Å². The smallest absolute Gasteiger partial charge is 0.127 e. The molecule has 0 aliphatic heterocycles. The Bertz CT molecular complexity index is 568. The number of benzene rings is 2. The van der Waals surface area contributed by atoms with Gasteiger partial charge in [0.05, 0.1) is 0 Å². The van der Waals surface area contributed by atoms with Gasteiger partial charge in [-0.2, -0.15) is 0 Å². The SMILES string of the molecule is CC(Cc1cccc(F)c1)NC(C)c1ccccc1F. The highest BCUT2D eigenvalue weighted by Crippen LogP contribution is 2.17. The third-order valence-corrected chi connectivity index (χ3v) is 3.34. The van der Waals surface area contributed by atoms with Crippen LogP contribution < -0.4 is 5.32 Å². The predicted molar refractivity (Wildman–Crippen MR) is 77.5 cm³/mol.